The Morgan fingerprint density at radius 1 is 0.358 bits per heavy atom. The molecule has 53 heavy (non-hydrogen) atoms. The van der Waals surface area contributed by atoms with Crippen LogP contribution in [0.2, 0.25) is 0 Å². The van der Waals surface area contributed by atoms with Crippen molar-refractivity contribution in [3.8, 4) is 33.8 Å². The van der Waals surface area contributed by atoms with Crippen LogP contribution in [0.15, 0.2) is 200 Å². The highest BCUT2D eigenvalue weighted by atomic mass is 16.5. The van der Waals surface area contributed by atoms with Gasteiger partial charge >= 0.3 is 0 Å². The Kier molecular flexibility index (Phi) is 6.50. The predicted octanol–water partition coefficient (Wildman–Crippen LogP) is 13.6. The third-order valence-corrected chi connectivity index (χ3v) is 11.3. The van der Waals surface area contributed by atoms with E-state index in [0.717, 1.165) is 39.7 Å². The van der Waals surface area contributed by atoms with Crippen LogP contribution in [0.4, 0.5) is 17.1 Å². The molecule has 0 fully saturated rings. The zero-order valence-electron chi connectivity index (χ0n) is 28.9. The van der Waals surface area contributed by atoms with Gasteiger partial charge in [-0.3, -0.25) is 0 Å². The minimum atomic E-state index is -0.571. The molecule has 0 bridgehead atoms. The smallest absolute Gasteiger partial charge is 0.132 e. The van der Waals surface area contributed by atoms with E-state index in [4.69, 9.17) is 4.74 Å². The topological polar surface area (TPSA) is 12.5 Å². The molecule has 248 valence electrons. The van der Waals surface area contributed by atoms with Gasteiger partial charge in [-0.1, -0.05) is 146 Å². The van der Waals surface area contributed by atoms with Gasteiger partial charge in [0.05, 0.1) is 5.41 Å². The van der Waals surface area contributed by atoms with E-state index in [-0.39, 0.29) is 0 Å². The third kappa shape index (κ3) is 4.39. The summed E-state index contributed by atoms with van der Waals surface area (Å²) in [6.45, 7) is 0. The summed E-state index contributed by atoms with van der Waals surface area (Å²) in [6.07, 6.45) is 0. The van der Waals surface area contributed by atoms with E-state index in [2.05, 4.69) is 205 Å². The molecule has 0 amide bonds. The Morgan fingerprint density at radius 3 is 1.72 bits per heavy atom. The van der Waals surface area contributed by atoms with Crippen LogP contribution < -0.4 is 9.64 Å². The molecule has 0 radical (unpaired) electrons. The lowest BCUT2D eigenvalue weighted by molar-refractivity contribution is 0.436. The minimum Gasteiger partial charge on any atom is -0.457 e. The van der Waals surface area contributed by atoms with Gasteiger partial charge in [-0.25, -0.2) is 0 Å². The maximum Gasteiger partial charge on any atom is 0.132 e. The summed E-state index contributed by atoms with van der Waals surface area (Å²) in [5, 5.41) is 5.01. The molecule has 0 saturated carbocycles. The number of hydrogen-bond acceptors (Lipinski definition) is 2. The fourth-order valence-electron chi connectivity index (χ4n) is 8.99. The van der Waals surface area contributed by atoms with Gasteiger partial charge in [0.1, 0.15) is 11.5 Å². The lowest BCUT2D eigenvalue weighted by Gasteiger charge is -2.39. The number of para-hydroxylation sites is 3. The van der Waals surface area contributed by atoms with Crippen LogP contribution >= 0.6 is 0 Å². The van der Waals surface area contributed by atoms with Crippen LogP contribution in [0.25, 0.3) is 43.8 Å². The molecule has 0 saturated heterocycles. The summed E-state index contributed by atoms with van der Waals surface area (Å²) in [4.78, 5) is 2.39. The molecule has 1 aliphatic carbocycles. The Bertz CT molecular complexity index is 2830. The Labute approximate surface area is 308 Å². The van der Waals surface area contributed by atoms with Crippen LogP contribution in [0.1, 0.15) is 22.3 Å². The molecule has 1 heterocycles. The molecular weight excluding hydrogens is 643 g/mol. The largest absolute Gasteiger partial charge is 0.457 e. The molecular formula is C51H33NO. The summed E-state index contributed by atoms with van der Waals surface area (Å²) < 4.78 is 6.66. The van der Waals surface area contributed by atoms with Gasteiger partial charge < -0.3 is 9.64 Å². The molecule has 11 rings (SSSR count). The van der Waals surface area contributed by atoms with Crippen LogP contribution in [-0.2, 0) is 5.41 Å². The van der Waals surface area contributed by atoms with E-state index >= 15 is 0 Å². The predicted molar refractivity (Wildman–Crippen MR) is 219 cm³/mol. The summed E-state index contributed by atoms with van der Waals surface area (Å²) in [5.41, 5.74) is 12.6. The van der Waals surface area contributed by atoms with Gasteiger partial charge in [-0.05, 0) is 110 Å². The normalized spacial score (nSPS) is 13.2. The molecule has 0 atom stereocenters. The monoisotopic (exact) mass is 675 g/mol. The van der Waals surface area contributed by atoms with Gasteiger partial charge in [0.25, 0.3) is 0 Å². The number of benzene rings is 9. The third-order valence-electron chi connectivity index (χ3n) is 11.3. The fraction of sp³-hybridized carbons (Fsp3) is 0.0196. The van der Waals surface area contributed by atoms with Crippen molar-refractivity contribution in [3.05, 3.63) is 222 Å². The summed E-state index contributed by atoms with van der Waals surface area (Å²) in [6, 6.07) is 72.7. The molecule has 1 spiro atoms. The lowest BCUT2D eigenvalue weighted by atomic mass is 9.66. The molecule has 9 aromatic carbocycles. The van der Waals surface area contributed by atoms with E-state index < -0.39 is 5.41 Å². The zero-order chi connectivity index (χ0) is 34.9. The van der Waals surface area contributed by atoms with Crippen LogP contribution in [0.3, 0.4) is 0 Å². The maximum atomic E-state index is 6.66. The lowest BCUT2D eigenvalue weighted by Crippen LogP contribution is -2.32. The Hall–Kier alpha value is -6.90. The second kappa shape index (κ2) is 11.6. The zero-order valence-corrected chi connectivity index (χ0v) is 28.9. The quantitative estimate of drug-likeness (QED) is 0.184. The number of nitrogens with zero attached hydrogens (tertiary/aromatic N) is 1. The first kappa shape index (κ1) is 29.8. The van der Waals surface area contributed by atoms with Gasteiger partial charge in [-0.2, -0.15) is 0 Å². The van der Waals surface area contributed by atoms with Crippen LogP contribution in [0.5, 0.6) is 11.5 Å². The van der Waals surface area contributed by atoms with E-state index in [0.29, 0.717) is 0 Å². The first-order valence-corrected chi connectivity index (χ1v) is 18.3. The summed E-state index contributed by atoms with van der Waals surface area (Å²) in [7, 11) is 0. The Balaban J connectivity index is 1.15. The molecule has 1 aliphatic heterocycles. The van der Waals surface area contributed by atoms with Crippen molar-refractivity contribution in [2.75, 3.05) is 4.90 Å². The SMILES string of the molecule is c1ccc(N(c2ccc(-c3ccc4ccccc4c3)cc2)c2ccc3c(c2)C2(c4ccccc4Oc4ccccc42)c2ccc4ccccc4c2-3)cc1. The van der Waals surface area contributed by atoms with Gasteiger partial charge in [0.15, 0.2) is 0 Å². The number of anilines is 3. The molecule has 2 heteroatoms. The van der Waals surface area contributed by atoms with Crippen LogP contribution in [0, 0.1) is 0 Å². The highest BCUT2D eigenvalue weighted by Crippen LogP contribution is 2.63. The molecule has 9 aromatic rings. The van der Waals surface area contributed by atoms with Crippen molar-refractivity contribution in [1.29, 1.82) is 0 Å². The average Bonchev–Trinajstić information content (AvgIpc) is 3.52. The van der Waals surface area contributed by atoms with Crippen molar-refractivity contribution in [3.63, 3.8) is 0 Å². The van der Waals surface area contributed by atoms with E-state index in [1.807, 2.05) is 0 Å². The highest BCUT2D eigenvalue weighted by Gasteiger charge is 2.51. The van der Waals surface area contributed by atoms with Crippen molar-refractivity contribution in [2.45, 2.75) is 5.41 Å². The van der Waals surface area contributed by atoms with Crippen molar-refractivity contribution in [2.24, 2.45) is 0 Å². The molecule has 0 aromatic heterocycles. The minimum absolute atomic E-state index is 0.571. The van der Waals surface area contributed by atoms with Crippen molar-refractivity contribution in [1.82, 2.24) is 0 Å². The maximum absolute atomic E-state index is 6.66. The second-order valence-corrected chi connectivity index (χ2v) is 14.1. The average molecular weight is 676 g/mol. The number of rotatable bonds is 4. The van der Waals surface area contributed by atoms with E-state index in [1.165, 1.54) is 54.9 Å². The van der Waals surface area contributed by atoms with Crippen LogP contribution in [-0.4, -0.2) is 0 Å². The standard InChI is InChI=1S/C51H33NO/c1-2-15-39(16-3-1)52(40-27-24-35(25-28-40)38-23-22-34-12-4-5-14-37(34)32-38)41-29-30-43-47(33-41)51(46-31-26-36-13-6-7-17-42(36)50(43)46)44-18-8-10-20-48(44)53-49-21-11-9-19-45(49)51/h1-33H. The first-order chi connectivity index (χ1) is 26.3. The van der Waals surface area contributed by atoms with Gasteiger partial charge in [0.2, 0.25) is 0 Å². The number of ether oxygens (including phenoxy) is 1. The van der Waals surface area contributed by atoms with Gasteiger partial charge in [-0.15, -0.1) is 0 Å². The second-order valence-electron chi connectivity index (χ2n) is 14.1. The number of fused-ring (bicyclic) bond motifs is 12. The Morgan fingerprint density at radius 2 is 0.943 bits per heavy atom. The van der Waals surface area contributed by atoms with Crippen molar-refractivity contribution < 1.29 is 4.74 Å². The van der Waals surface area contributed by atoms with Gasteiger partial charge in [0, 0.05) is 28.2 Å². The summed E-state index contributed by atoms with van der Waals surface area (Å²) >= 11 is 0. The molecule has 0 N–H and O–H groups in total. The van der Waals surface area contributed by atoms with E-state index in [1.54, 1.807) is 0 Å². The molecule has 0 unspecified atom stereocenters. The molecule has 2 aliphatic rings. The number of hydrogen-bond donors (Lipinski definition) is 0. The highest BCUT2D eigenvalue weighted by molar-refractivity contribution is 6.05. The fourth-order valence-corrected chi connectivity index (χ4v) is 8.99. The van der Waals surface area contributed by atoms with Crippen molar-refractivity contribution >= 4 is 38.6 Å². The first-order valence-electron chi connectivity index (χ1n) is 18.3. The summed E-state index contributed by atoms with van der Waals surface area (Å²) in [5.74, 6) is 1.79. The van der Waals surface area contributed by atoms with E-state index in [9.17, 15) is 0 Å². The molecule has 2 nitrogen and oxygen atoms in total.